The Hall–Kier alpha value is -2.06. The van der Waals surface area contributed by atoms with Crippen LogP contribution < -0.4 is 10.6 Å². The Morgan fingerprint density at radius 1 is 1.30 bits per heavy atom. The van der Waals surface area contributed by atoms with Crippen molar-refractivity contribution in [1.82, 2.24) is 5.32 Å². The second-order valence-corrected chi connectivity index (χ2v) is 4.67. The molecule has 0 aliphatic rings. The zero-order valence-corrected chi connectivity index (χ0v) is 11.9. The molecule has 0 fully saturated rings. The number of anilines is 1. The Kier molecular flexibility index (Phi) is 6.54. The van der Waals surface area contributed by atoms with Crippen LogP contribution in [-0.4, -0.2) is 23.8 Å². The molecule has 0 heterocycles. The molecular weight excluding hydrogens is 254 g/mol. The van der Waals surface area contributed by atoms with E-state index in [-0.39, 0.29) is 18.5 Å². The fraction of sp³-hybridized carbons (Fsp3) is 0.467. The number of benzene rings is 1. The molecule has 0 unspecified atom stereocenters. The second kappa shape index (κ2) is 8.18. The molecule has 0 aliphatic heterocycles. The zero-order valence-electron chi connectivity index (χ0n) is 11.9. The van der Waals surface area contributed by atoms with Crippen molar-refractivity contribution in [2.75, 3.05) is 11.9 Å². The van der Waals surface area contributed by atoms with E-state index in [4.69, 9.17) is 5.26 Å². The Morgan fingerprint density at radius 3 is 2.40 bits per heavy atom. The summed E-state index contributed by atoms with van der Waals surface area (Å²) in [5.41, 5.74) is 1.15. The number of carbonyl (C=O) groups excluding carboxylic acids is 1. The maximum Gasteiger partial charge on any atom is 0.319 e. The molecule has 5 nitrogen and oxygen atoms in total. The average molecular weight is 275 g/mol. The van der Waals surface area contributed by atoms with Gasteiger partial charge in [-0.25, -0.2) is 4.79 Å². The van der Waals surface area contributed by atoms with Crippen molar-refractivity contribution in [2.45, 2.75) is 32.8 Å². The summed E-state index contributed by atoms with van der Waals surface area (Å²) in [6.07, 6.45) is 1.24. The summed E-state index contributed by atoms with van der Waals surface area (Å²) in [6, 6.07) is 8.24. The Labute approximate surface area is 119 Å². The third-order valence-corrected chi connectivity index (χ3v) is 3.34. The normalized spacial score (nSPS) is 11.8. The number of amides is 2. The molecule has 0 bridgehead atoms. The van der Waals surface area contributed by atoms with E-state index in [0.29, 0.717) is 11.3 Å². The van der Waals surface area contributed by atoms with E-state index in [1.54, 1.807) is 24.3 Å². The van der Waals surface area contributed by atoms with Crippen LogP contribution in [0.25, 0.3) is 0 Å². The number of hydrogen-bond acceptors (Lipinski definition) is 3. The van der Waals surface area contributed by atoms with Gasteiger partial charge >= 0.3 is 6.03 Å². The van der Waals surface area contributed by atoms with Gasteiger partial charge in [-0.15, -0.1) is 0 Å². The zero-order chi connectivity index (χ0) is 15.0. The topological polar surface area (TPSA) is 85.2 Å². The standard InChI is InChI=1S/C15H21N3O2/c1-3-12(4-2)14(19)10-17-15(20)18-13-7-5-11(9-16)6-8-13/h5-8,12,14,19H,3-4,10H2,1-2H3,(H2,17,18,20)/t14-/m1/s1. The van der Waals surface area contributed by atoms with Gasteiger partial charge in [0.15, 0.2) is 0 Å². The number of aliphatic hydroxyl groups is 1. The smallest absolute Gasteiger partial charge is 0.319 e. The highest BCUT2D eigenvalue weighted by Crippen LogP contribution is 2.12. The molecule has 1 rings (SSSR count). The predicted octanol–water partition coefficient (Wildman–Crippen LogP) is 2.48. The van der Waals surface area contributed by atoms with Crippen molar-refractivity contribution in [3.63, 3.8) is 0 Å². The highest BCUT2D eigenvalue weighted by atomic mass is 16.3. The number of urea groups is 1. The van der Waals surface area contributed by atoms with Gasteiger partial charge < -0.3 is 15.7 Å². The van der Waals surface area contributed by atoms with Crippen molar-refractivity contribution in [1.29, 1.82) is 5.26 Å². The lowest BCUT2D eigenvalue weighted by molar-refractivity contribution is 0.104. The van der Waals surface area contributed by atoms with Crippen LogP contribution in [0.3, 0.4) is 0 Å². The van der Waals surface area contributed by atoms with Crippen LogP contribution in [0, 0.1) is 17.2 Å². The molecule has 3 N–H and O–H groups in total. The summed E-state index contributed by atoms with van der Waals surface area (Å²) in [6.45, 7) is 4.27. The SMILES string of the molecule is CCC(CC)[C@H](O)CNC(=O)Nc1ccc(C#N)cc1. The summed E-state index contributed by atoms with van der Waals surface area (Å²) in [5.74, 6) is 0.199. The lowest BCUT2D eigenvalue weighted by Gasteiger charge is -2.20. The van der Waals surface area contributed by atoms with Gasteiger partial charge in [-0.1, -0.05) is 26.7 Å². The molecule has 1 atom stereocenters. The van der Waals surface area contributed by atoms with Crippen LogP contribution >= 0.6 is 0 Å². The maximum absolute atomic E-state index is 11.7. The first-order chi connectivity index (χ1) is 9.60. The first-order valence-corrected chi connectivity index (χ1v) is 6.83. The number of nitrogens with one attached hydrogen (secondary N) is 2. The van der Waals surface area contributed by atoms with Crippen molar-refractivity contribution >= 4 is 11.7 Å². The first kappa shape index (κ1) is 16.0. The molecule has 5 heteroatoms. The molecule has 0 aliphatic carbocycles. The van der Waals surface area contributed by atoms with Gasteiger partial charge in [0.25, 0.3) is 0 Å². The minimum atomic E-state index is -0.531. The number of nitrogens with zero attached hydrogens (tertiary/aromatic N) is 1. The lowest BCUT2D eigenvalue weighted by atomic mass is 9.97. The summed E-state index contributed by atoms with van der Waals surface area (Å²) >= 11 is 0. The number of carbonyl (C=O) groups is 1. The maximum atomic E-state index is 11.7. The van der Waals surface area contributed by atoms with Crippen molar-refractivity contribution in [2.24, 2.45) is 5.92 Å². The molecule has 0 spiro atoms. The van der Waals surface area contributed by atoms with E-state index < -0.39 is 6.10 Å². The van der Waals surface area contributed by atoms with Gasteiger partial charge in [0.2, 0.25) is 0 Å². The minimum Gasteiger partial charge on any atom is -0.391 e. The average Bonchev–Trinajstić information content (AvgIpc) is 2.47. The quantitative estimate of drug-likeness (QED) is 0.745. The van der Waals surface area contributed by atoms with Crippen LogP contribution in [0.2, 0.25) is 0 Å². The van der Waals surface area contributed by atoms with Crippen molar-refractivity contribution < 1.29 is 9.90 Å². The highest BCUT2D eigenvalue weighted by molar-refractivity contribution is 5.89. The molecule has 108 valence electrons. The van der Waals surface area contributed by atoms with E-state index in [2.05, 4.69) is 10.6 Å². The van der Waals surface area contributed by atoms with E-state index in [0.717, 1.165) is 12.8 Å². The van der Waals surface area contributed by atoms with Crippen molar-refractivity contribution in [3.8, 4) is 6.07 Å². The lowest BCUT2D eigenvalue weighted by Crippen LogP contribution is -2.38. The Bertz CT molecular complexity index is 461. The fourth-order valence-corrected chi connectivity index (χ4v) is 2.00. The number of aliphatic hydroxyl groups excluding tert-OH is 1. The van der Waals surface area contributed by atoms with E-state index in [1.807, 2.05) is 19.9 Å². The predicted molar refractivity (Wildman–Crippen MR) is 78.3 cm³/mol. The van der Waals surface area contributed by atoms with Crippen LogP contribution in [0.15, 0.2) is 24.3 Å². The molecule has 2 amide bonds. The third kappa shape index (κ3) is 4.90. The molecular formula is C15H21N3O2. The van der Waals surface area contributed by atoms with E-state index in [9.17, 15) is 9.90 Å². The van der Waals surface area contributed by atoms with E-state index in [1.165, 1.54) is 0 Å². The van der Waals surface area contributed by atoms with Gasteiger partial charge in [0.05, 0.1) is 17.7 Å². The number of nitriles is 1. The van der Waals surface area contributed by atoms with Crippen LogP contribution in [0.5, 0.6) is 0 Å². The molecule has 0 radical (unpaired) electrons. The molecule has 0 aromatic heterocycles. The van der Waals surface area contributed by atoms with Crippen LogP contribution in [0.1, 0.15) is 32.3 Å². The molecule has 1 aromatic rings. The first-order valence-electron chi connectivity index (χ1n) is 6.83. The monoisotopic (exact) mass is 275 g/mol. The van der Waals surface area contributed by atoms with Gasteiger partial charge in [-0.2, -0.15) is 5.26 Å². The van der Waals surface area contributed by atoms with Crippen LogP contribution in [0.4, 0.5) is 10.5 Å². The fourth-order valence-electron chi connectivity index (χ4n) is 2.00. The van der Waals surface area contributed by atoms with Crippen LogP contribution in [-0.2, 0) is 0 Å². The largest absolute Gasteiger partial charge is 0.391 e. The summed E-state index contributed by atoms with van der Waals surface area (Å²) < 4.78 is 0. The Morgan fingerprint density at radius 2 is 1.90 bits per heavy atom. The van der Waals surface area contributed by atoms with Gasteiger partial charge in [-0.3, -0.25) is 0 Å². The summed E-state index contributed by atoms with van der Waals surface area (Å²) in [4.78, 5) is 11.7. The molecule has 0 saturated heterocycles. The van der Waals surface area contributed by atoms with E-state index >= 15 is 0 Å². The summed E-state index contributed by atoms with van der Waals surface area (Å²) in [5, 5.41) is 23.9. The third-order valence-electron chi connectivity index (χ3n) is 3.34. The second-order valence-electron chi connectivity index (χ2n) is 4.67. The Balaban J connectivity index is 2.41. The molecule has 20 heavy (non-hydrogen) atoms. The minimum absolute atomic E-state index is 0.199. The van der Waals surface area contributed by atoms with Gasteiger partial charge in [-0.05, 0) is 30.2 Å². The number of rotatable bonds is 6. The van der Waals surface area contributed by atoms with Gasteiger partial charge in [0.1, 0.15) is 0 Å². The van der Waals surface area contributed by atoms with Crippen molar-refractivity contribution in [3.05, 3.63) is 29.8 Å². The number of hydrogen-bond donors (Lipinski definition) is 3. The molecule has 1 aromatic carbocycles. The summed E-state index contributed by atoms with van der Waals surface area (Å²) in [7, 11) is 0. The molecule has 0 saturated carbocycles. The highest BCUT2D eigenvalue weighted by Gasteiger charge is 2.16. The van der Waals surface area contributed by atoms with Gasteiger partial charge in [0, 0.05) is 12.2 Å².